The highest BCUT2D eigenvalue weighted by molar-refractivity contribution is 7.20. The molecule has 5 rings (SSSR count). The molecule has 174 valence electrons. The molecule has 3 aromatic rings. The van der Waals surface area contributed by atoms with E-state index in [-0.39, 0.29) is 35.2 Å². The number of thiophene rings is 1. The lowest BCUT2D eigenvalue weighted by molar-refractivity contribution is -0.135. The van der Waals surface area contributed by atoms with Crippen LogP contribution in [0, 0.1) is 23.6 Å². The van der Waals surface area contributed by atoms with Gasteiger partial charge in [-0.1, -0.05) is 20.8 Å². The molecule has 2 atom stereocenters. The molecular formula is C25H28FN3O3S. The number of benzene rings is 1. The van der Waals surface area contributed by atoms with E-state index < -0.39 is 5.97 Å². The molecule has 2 fully saturated rings. The van der Waals surface area contributed by atoms with Crippen molar-refractivity contribution < 1.29 is 18.7 Å². The average molecular weight is 470 g/mol. The minimum atomic E-state index is -0.511. The van der Waals surface area contributed by atoms with Gasteiger partial charge in [-0.15, -0.1) is 11.3 Å². The highest BCUT2D eigenvalue weighted by Gasteiger charge is 2.50. The van der Waals surface area contributed by atoms with Crippen LogP contribution >= 0.6 is 11.3 Å². The summed E-state index contributed by atoms with van der Waals surface area (Å²) in [6.45, 7) is 9.13. The first-order chi connectivity index (χ1) is 15.5. The minimum absolute atomic E-state index is 0.121. The maximum Gasteiger partial charge on any atom is 0.348 e. The Hall–Kier alpha value is -2.74. The second-order valence-electron chi connectivity index (χ2n) is 10.6. The molecule has 1 saturated carbocycles. The zero-order valence-corrected chi connectivity index (χ0v) is 20.2. The molecule has 6 nitrogen and oxygen atoms in total. The van der Waals surface area contributed by atoms with E-state index in [1.807, 2.05) is 11.8 Å². The van der Waals surface area contributed by atoms with E-state index in [2.05, 4.69) is 25.9 Å². The van der Waals surface area contributed by atoms with Gasteiger partial charge in [0.2, 0.25) is 0 Å². The van der Waals surface area contributed by atoms with E-state index in [4.69, 9.17) is 4.74 Å². The first-order valence-electron chi connectivity index (χ1n) is 11.3. The lowest BCUT2D eigenvalue weighted by atomic mass is 9.65. The molecule has 0 radical (unpaired) electrons. The topological polar surface area (TPSA) is 64.4 Å². The minimum Gasteiger partial charge on any atom is -0.451 e. The van der Waals surface area contributed by atoms with Gasteiger partial charge in [0.15, 0.2) is 6.61 Å². The Morgan fingerprint density at radius 3 is 2.67 bits per heavy atom. The zero-order chi connectivity index (χ0) is 23.5. The number of carbonyl (C=O) groups excluding carboxylic acids is 2. The lowest BCUT2D eigenvalue weighted by Crippen LogP contribution is -2.39. The Kier molecular flexibility index (Phi) is 5.12. The summed E-state index contributed by atoms with van der Waals surface area (Å²) in [5.41, 5.74) is 1.84. The molecule has 33 heavy (non-hydrogen) atoms. The highest BCUT2D eigenvalue weighted by atomic mass is 32.1. The predicted octanol–water partition coefficient (Wildman–Crippen LogP) is 5.12. The number of nitrogens with zero attached hydrogens (tertiary/aromatic N) is 3. The fourth-order valence-electron chi connectivity index (χ4n) is 5.94. The fraction of sp³-hybridized carbons (Fsp3) is 0.480. The van der Waals surface area contributed by atoms with Crippen molar-refractivity contribution in [3.63, 3.8) is 0 Å². The lowest BCUT2D eigenvalue weighted by Gasteiger charge is -2.39. The fourth-order valence-corrected chi connectivity index (χ4v) is 7.01. The van der Waals surface area contributed by atoms with Crippen molar-refractivity contribution in [3.8, 4) is 5.69 Å². The van der Waals surface area contributed by atoms with Crippen LogP contribution in [0.15, 0.2) is 30.3 Å². The highest BCUT2D eigenvalue weighted by Crippen LogP contribution is 2.52. The molecule has 8 heteroatoms. The quantitative estimate of drug-likeness (QED) is 0.498. The number of hydrogen-bond acceptors (Lipinski definition) is 5. The van der Waals surface area contributed by atoms with Crippen LogP contribution in [0.1, 0.15) is 55.4 Å². The Morgan fingerprint density at radius 2 is 1.94 bits per heavy atom. The van der Waals surface area contributed by atoms with Gasteiger partial charge in [0.25, 0.3) is 5.91 Å². The van der Waals surface area contributed by atoms with Gasteiger partial charge in [-0.3, -0.25) is 4.79 Å². The van der Waals surface area contributed by atoms with Crippen molar-refractivity contribution in [2.75, 3.05) is 13.2 Å². The standard InChI is InChI=1S/C25H28FN3O3S/c1-15-19-9-20(33-22(19)29(27-15)17-7-5-16(26)6-8-17)23(31)32-12-21(30)28-14-25(4)11-18(28)10-24(2,3)13-25/h5-9,18H,10-14H2,1-4H3/t18-,25+/m0/s1. The molecule has 1 aromatic carbocycles. The SMILES string of the molecule is Cc1nn(-c2ccc(F)cc2)c2sc(C(=O)OCC(=O)N3C[C@]4(C)C[C@@H]3CC(C)(C)C4)cc12. The Balaban J connectivity index is 1.30. The van der Waals surface area contributed by atoms with E-state index in [1.165, 1.54) is 23.5 Å². The van der Waals surface area contributed by atoms with Gasteiger partial charge in [-0.25, -0.2) is 13.9 Å². The largest absolute Gasteiger partial charge is 0.451 e. The average Bonchev–Trinajstić information content (AvgIpc) is 3.37. The van der Waals surface area contributed by atoms with Crippen molar-refractivity contribution in [2.24, 2.45) is 10.8 Å². The zero-order valence-electron chi connectivity index (χ0n) is 19.4. The molecule has 1 saturated heterocycles. The number of aromatic nitrogens is 2. The summed E-state index contributed by atoms with van der Waals surface area (Å²) in [6, 6.07) is 8.01. The predicted molar refractivity (Wildman–Crippen MR) is 125 cm³/mol. The molecule has 2 bridgehead atoms. The Labute approximate surface area is 196 Å². The van der Waals surface area contributed by atoms with E-state index in [0.29, 0.717) is 10.6 Å². The number of fused-ring (bicyclic) bond motifs is 3. The first-order valence-corrected chi connectivity index (χ1v) is 12.1. The molecule has 1 aliphatic carbocycles. The number of likely N-dealkylation sites (tertiary alicyclic amines) is 1. The summed E-state index contributed by atoms with van der Waals surface area (Å²) in [5.74, 6) is -0.952. The molecule has 0 unspecified atom stereocenters. The van der Waals surface area contributed by atoms with Gasteiger partial charge < -0.3 is 9.64 Å². The normalized spacial score (nSPS) is 23.8. The molecule has 3 heterocycles. The second kappa shape index (κ2) is 7.65. The Morgan fingerprint density at radius 1 is 1.21 bits per heavy atom. The number of amides is 1. The van der Waals surface area contributed by atoms with Gasteiger partial charge >= 0.3 is 5.97 Å². The van der Waals surface area contributed by atoms with Crippen molar-refractivity contribution in [3.05, 3.63) is 46.7 Å². The van der Waals surface area contributed by atoms with Crippen LogP contribution in [-0.2, 0) is 9.53 Å². The van der Waals surface area contributed by atoms with Crippen LogP contribution in [0.5, 0.6) is 0 Å². The van der Waals surface area contributed by atoms with Gasteiger partial charge in [-0.05, 0) is 67.3 Å². The second-order valence-corrected chi connectivity index (χ2v) is 11.6. The summed E-state index contributed by atoms with van der Waals surface area (Å²) in [5, 5.41) is 5.36. The number of halogens is 1. The third-order valence-corrected chi connectivity index (χ3v) is 7.97. The van der Waals surface area contributed by atoms with E-state index in [9.17, 15) is 14.0 Å². The molecule has 0 spiro atoms. The van der Waals surface area contributed by atoms with Crippen LogP contribution in [0.3, 0.4) is 0 Å². The molecule has 1 aliphatic heterocycles. The third kappa shape index (κ3) is 4.05. The number of carbonyl (C=O) groups is 2. The molecule has 0 N–H and O–H groups in total. The van der Waals surface area contributed by atoms with Crippen LogP contribution in [0.25, 0.3) is 15.9 Å². The third-order valence-electron chi connectivity index (χ3n) is 6.88. The van der Waals surface area contributed by atoms with Crippen molar-refractivity contribution in [2.45, 2.75) is 53.0 Å². The summed E-state index contributed by atoms with van der Waals surface area (Å²) in [4.78, 5) is 28.8. The number of hydrogen-bond donors (Lipinski definition) is 0. The van der Waals surface area contributed by atoms with Gasteiger partial charge in [0, 0.05) is 18.0 Å². The van der Waals surface area contributed by atoms with Crippen LogP contribution in [0.2, 0.25) is 0 Å². The summed E-state index contributed by atoms with van der Waals surface area (Å²) >= 11 is 1.26. The van der Waals surface area contributed by atoms with Crippen LogP contribution < -0.4 is 0 Å². The van der Waals surface area contributed by atoms with Crippen molar-refractivity contribution in [1.29, 1.82) is 0 Å². The van der Waals surface area contributed by atoms with E-state index in [1.54, 1.807) is 22.9 Å². The number of ether oxygens (including phenoxy) is 1. The van der Waals surface area contributed by atoms with Crippen LogP contribution in [0.4, 0.5) is 4.39 Å². The monoisotopic (exact) mass is 469 g/mol. The molecule has 2 aromatic heterocycles. The van der Waals surface area contributed by atoms with Gasteiger partial charge in [0.05, 0.1) is 11.4 Å². The molecular weight excluding hydrogens is 441 g/mol. The molecule has 1 amide bonds. The summed E-state index contributed by atoms with van der Waals surface area (Å²) < 4.78 is 20.4. The Bertz CT molecular complexity index is 1250. The summed E-state index contributed by atoms with van der Waals surface area (Å²) in [6.07, 6.45) is 3.11. The number of aryl methyl sites for hydroxylation is 1. The smallest absolute Gasteiger partial charge is 0.348 e. The maximum atomic E-state index is 13.3. The maximum absolute atomic E-state index is 13.3. The van der Waals surface area contributed by atoms with Gasteiger partial charge in [0.1, 0.15) is 15.5 Å². The van der Waals surface area contributed by atoms with Crippen molar-refractivity contribution in [1.82, 2.24) is 14.7 Å². The summed E-state index contributed by atoms with van der Waals surface area (Å²) in [7, 11) is 0. The van der Waals surface area contributed by atoms with E-state index >= 15 is 0 Å². The van der Waals surface area contributed by atoms with Crippen LogP contribution in [-0.4, -0.2) is 45.8 Å². The van der Waals surface area contributed by atoms with Gasteiger partial charge in [-0.2, -0.15) is 5.10 Å². The van der Waals surface area contributed by atoms with E-state index in [0.717, 1.165) is 41.7 Å². The number of rotatable bonds is 4. The van der Waals surface area contributed by atoms with Crippen molar-refractivity contribution >= 4 is 33.4 Å². The first kappa shape index (κ1) is 22.1. The molecule has 2 aliphatic rings. The number of esters is 1.